The zero-order valence-electron chi connectivity index (χ0n) is 21.3. The summed E-state index contributed by atoms with van der Waals surface area (Å²) in [6, 6.07) is 19.5. The maximum Gasteiger partial charge on any atom is 0.153 e. The van der Waals surface area contributed by atoms with Crippen molar-refractivity contribution in [1.29, 1.82) is 0 Å². The summed E-state index contributed by atoms with van der Waals surface area (Å²) in [5, 5.41) is 19.1. The van der Waals surface area contributed by atoms with Gasteiger partial charge in [0.25, 0.3) is 0 Å². The molecule has 0 bridgehead atoms. The number of anilines is 2. The first kappa shape index (κ1) is 25.6. The summed E-state index contributed by atoms with van der Waals surface area (Å²) in [5.74, 6) is 1.47. The van der Waals surface area contributed by atoms with Crippen LogP contribution in [-0.2, 0) is 24.4 Å². The van der Waals surface area contributed by atoms with Crippen LogP contribution in [-0.4, -0.2) is 58.1 Å². The lowest BCUT2D eigenvalue weighted by molar-refractivity contribution is -0.0231. The van der Waals surface area contributed by atoms with Gasteiger partial charge in [-0.3, -0.25) is 4.90 Å². The summed E-state index contributed by atoms with van der Waals surface area (Å²) in [6.45, 7) is 11.0. The Labute approximate surface area is 210 Å². The summed E-state index contributed by atoms with van der Waals surface area (Å²) in [6.07, 6.45) is 3.97. The molecule has 1 saturated heterocycles. The second kappa shape index (κ2) is 11.5. The minimum atomic E-state index is -1.08. The molecule has 0 spiro atoms. The van der Waals surface area contributed by atoms with Crippen molar-refractivity contribution in [2.24, 2.45) is 0 Å². The zero-order chi connectivity index (χ0) is 24.7. The minimum Gasteiger partial charge on any atom is -0.389 e. The van der Waals surface area contributed by atoms with Crippen LogP contribution in [0.1, 0.15) is 24.1 Å². The van der Waals surface area contributed by atoms with Gasteiger partial charge in [0.05, 0.1) is 5.60 Å². The van der Waals surface area contributed by atoms with Crippen molar-refractivity contribution in [3.63, 3.8) is 0 Å². The highest BCUT2D eigenvalue weighted by Crippen LogP contribution is 2.27. The fourth-order valence-corrected chi connectivity index (χ4v) is 5.06. The average Bonchev–Trinajstić information content (AvgIpc) is 3.26. The van der Waals surface area contributed by atoms with Crippen molar-refractivity contribution in [2.45, 2.75) is 63.8 Å². The van der Waals surface area contributed by atoms with E-state index in [1.165, 1.54) is 5.56 Å². The molecular weight excluding hydrogens is 454 g/mol. The first-order valence-electron chi connectivity index (χ1n) is 12.6. The van der Waals surface area contributed by atoms with Gasteiger partial charge in [-0.05, 0) is 36.6 Å². The van der Waals surface area contributed by atoms with Gasteiger partial charge in [-0.25, -0.2) is 9.67 Å². The molecule has 3 aromatic rings. The van der Waals surface area contributed by atoms with Crippen molar-refractivity contribution in [2.75, 3.05) is 25.0 Å². The molecule has 1 aliphatic rings. The Morgan fingerprint density at radius 1 is 1.00 bits per heavy atom. The normalized spacial score (nSPS) is 16.3. The number of nitrogens with one attached hydrogen (secondary N) is 1. The van der Waals surface area contributed by atoms with Crippen LogP contribution >= 0.6 is 0 Å². The second-order valence-corrected chi connectivity index (χ2v) is 16.5. The van der Waals surface area contributed by atoms with Gasteiger partial charge in [0.2, 0.25) is 0 Å². The number of pyridine rings is 1. The second-order valence-electron chi connectivity index (χ2n) is 10.9. The molecular formula is C27H39N5O2Si. The Balaban J connectivity index is 1.26. The molecule has 0 amide bonds. The van der Waals surface area contributed by atoms with Crippen LogP contribution in [0.15, 0.2) is 60.8 Å². The van der Waals surface area contributed by atoms with Crippen molar-refractivity contribution in [3.8, 4) is 0 Å². The number of piperidine rings is 1. The molecule has 0 atom stereocenters. The quantitative estimate of drug-likeness (QED) is 0.292. The molecule has 2 N–H and O–H groups in total. The lowest BCUT2D eigenvalue weighted by Gasteiger charge is -2.38. The first-order valence-corrected chi connectivity index (χ1v) is 16.3. The van der Waals surface area contributed by atoms with Crippen molar-refractivity contribution >= 4 is 19.7 Å². The van der Waals surface area contributed by atoms with E-state index in [4.69, 9.17) is 9.72 Å². The fraction of sp³-hybridized carbons (Fsp3) is 0.481. The number of likely N-dealkylation sites (tertiary alicyclic amines) is 1. The van der Waals surface area contributed by atoms with E-state index in [1.54, 1.807) is 4.68 Å². The highest BCUT2D eigenvalue weighted by atomic mass is 28.3. The Morgan fingerprint density at radius 2 is 1.77 bits per heavy atom. The number of hydrogen-bond donors (Lipinski definition) is 2. The average molecular weight is 494 g/mol. The molecule has 4 rings (SSSR count). The van der Waals surface area contributed by atoms with Crippen molar-refractivity contribution in [3.05, 3.63) is 72.1 Å². The Kier molecular flexibility index (Phi) is 8.38. The smallest absolute Gasteiger partial charge is 0.153 e. The van der Waals surface area contributed by atoms with Crippen LogP contribution in [0.5, 0.6) is 0 Å². The molecule has 0 aliphatic carbocycles. The molecule has 35 heavy (non-hydrogen) atoms. The van der Waals surface area contributed by atoms with E-state index < -0.39 is 13.7 Å². The minimum absolute atomic E-state index is 0.452. The molecule has 2 aromatic heterocycles. The standard InChI is InChI=1S/C27H39N5O2Si/c1-35(2,3)19-18-34-22-32-15-12-26(30-32)29-25-11-7-10-24(28-25)20-27(33)13-16-31(17-14-27)21-23-8-5-4-6-9-23/h4-12,15,33H,13-14,16-22H2,1-3H3,(H,28,29,30). The monoisotopic (exact) mass is 493 g/mol. The Hall–Kier alpha value is -2.52. The fourth-order valence-electron chi connectivity index (χ4n) is 4.30. The topological polar surface area (TPSA) is 75.4 Å². The van der Waals surface area contributed by atoms with Gasteiger partial charge in [0.15, 0.2) is 5.82 Å². The van der Waals surface area contributed by atoms with Crippen LogP contribution in [0.2, 0.25) is 25.7 Å². The molecule has 3 heterocycles. The molecule has 1 fully saturated rings. The molecule has 0 radical (unpaired) electrons. The first-order chi connectivity index (χ1) is 16.8. The maximum absolute atomic E-state index is 11.2. The molecule has 188 valence electrons. The van der Waals surface area contributed by atoms with E-state index in [9.17, 15) is 5.11 Å². The zero-order valence-corrected chi connectivity index (χ0v) is 22.3. The third-order valence-corrected chi connectivity index (χ3v) is 8.17. The van der Waals surface area contributed by atoms with Gasteiger partial charge >= 0.3 is 0 Å². The summed E-state index contributed by atoms with van der Waals surface area (Å²) in [7, 11) is -1.08. The Bertz CT molecular complexity index is 1060. The molecule has 1 aliphatic heterocycles. The van der Waals surface area contributed by atoms with Gasteiger partial charge in [0.1, 0.15) is 12.5 Å². The highest BCUT2D eigenvalue weighted by molar-refractivity contribution is 6.76. The molecule has 8 heteroatoms. The predicted molar refractivity (Wildman–Crippen MR) is 143 cm³/mol. The molecule has 1 aromatic carbocycles. The van der Waals surface area contributed by atoms with Gasteiger partial charge < -0.3 is 15.2 Å². The molecule has 0 saturated carbocycles. The van der Waals surface area contributed by atoms with Crippen LogP contribution in [0.3, 0.4) is 0 Å². The van der Waals surface area contributed by atoms with Crippen LogP contribution in [0, 0.1) is 0 Å². The van der Waals surface area contributed by atoms with Crippen LogP contribution < -0.4 is 5.32 Å². The van der Waals surface area contributed by atoms with E-state index in [1.807, 2.05) is 36.5 Å². The number of nitrogens with zero attached hydrogens (tertiary/aromatic N) is 4. The summed E-state index contributed by atoms with van der Waals surface area (Å²) in [4.78, 5) is 7.16. The van der Waals surface area contributed by atoms with Crippen molar-refractivity contribution in [1.82, 2.24) is 19.7 Å². The number of rotatable bonds is 11. The third-order valence-electron chi connectivity index (χ3n) is 6.47. The number of ether oxygens (including phenoxy) is 1. The predicted octanol–water partition coefficient (Wildman–Crippen LogP) is 4.90. The van der Waals surface area contributed by atoms with Crippen LogP contribution in [0.25, 0.3) is 0 Å². The maximum atomic E-state index is 11.2. The summed E-state index contributed by atoms with van der Waals surface area (Å²) < 4.78 is 7.57. The number of hydrogen-bond acceptors (Lipinski definition) is 6. The van der Waals surface area contributed by atoms with E-state index >= 15 is 0 Å². The lowest BCUT2D eigenvalue weighted by Crippen LogP contribution is -2.45. The highest BCUT2D eigenvalue weighted by Gasteiger charge is 2.32. The summed E-state index contributed by atoms with van der Waals surface area (Å²) in [5.41, 5.74) is 1.50. The summed E-state index contributed by atoms with van der Waals surface area (Å²) >= 11 is 0. The van der Waals surface area contributed by atoms with E-state index in [2.05, 4.69) is 59.2 Å². The number of aliphatic hydroxyl groups is 1. The van der Waals surface area contributed by atoms with E-state index in [-0.39, 0.29) is 0 Å². The lowest BCUT2D eigenvalue weighted by atomic mass is 9.86. The largest absolute Gasteiger partial charge is 0.389 e. The van der Waals surface area contributed by atoms with Gasteiger partial charge in [-0.2, -0.15) is 5.10 Å². The van der Waals surface area contributed by atoms with Gasteiger partial charge in [-0.1, -0.05) is 56.0 Å². The molecule has 7 nitrogen and oxygen atoms in total. The number of benzene rings is 1. The number of aromatic nitrogens is 3. The van der Waals surface area contributed by atoms with Gasteiger partial charge in [-0.15, -0.1) is 0 Å². The van der Waals surface area contributed by atoms with E-state index in [0.29, 0.717) is 13.2 Å². The third kappa shape index (κ3) is 8.28. The SMILES string of the molecule is C[Si](C)(C)CCOCn1ccc(Nc2cccc(CC3(O)CCN(Cc4ccccc4)CC3)n2)n1. The van der Waals surface area contributed by atoms with Gasteiger partial charge in [0, 0.05) is 58.7 Å². The molecule has 0 unspecified atom stereocenters. The van der Waals surface area contributed by atoms with Crippen molar-refractivity contribution < 1.29 is 9.84 Å². The van der Waals surface area contributed by atoms with Crippen LogP contribution in [0.4, 0.5) is 11.6 Å². The Morgan fingerprint density at radius 3 is 2.51 bits per heavy atom. The van der Waals surface area contributed by atoms with E-state index in [0.717, 1.165) is 62.5 Å².